The molecule has 0 bridgehead atoms. The highest BCUT2D eigenvalue weighted by Crippen LogP contribution is 2.28. The van der Waals surface area contributed by atoms with Crippen molar-refractivity contribution in [3.8, 4) is 5.75 Å². The summed E-state index contributed by atoms with van der Waals surface area (Å²) in [5.74, 6) is 1.06. The molecule has 2 saturated heterocycles. The van der Waals surface area contributed by atoms with Crippen LogP contribution in [0.1, 0.15) is 44.6 Å². The Morgan fingerprint density at radius 2 is 2.10 bits per heavy atom. The molecule has 0 radical (unpaired) electrons. The van der Waals surface area contributed by atoms with E-state index in [0.29, 0.717) is 12.1 Å². The second-order valence-electron chi connectivity index (χ2n) is 6.28. The average molecular weight is 288 g/mol. The summed E-state index contributed by atoms with van der Waals surface area (Å²) >= 11 is 0. The maximum absolute atomic E-state index is 5.80. The molecule has 21 heavy (non-hydrogen) atoms. The number of piperidine rings is 1. The molecule has 1 aromatic carbocycles. The average Bonchev–Trinajstić information content (AvgIpc) is 3.04. The topological polar surface area (TPSA) is 24.5 Å². The summed E-state index contributed by atoms with van der Waals surface area (Å²) in [6, 6.07) is 9.93. The van der Waals surface area contributed by atoms with E-state index < -0.39 is 0 Å². The van der Waals surface area contributed by atoms with Gasteiger partial charge in [0, 0.05) is 24.2 Å². The van der Waals surface area contributed by atoms with E-state index in [2.05, 4.69) is 41.4 Å². The highest BCUT2D eigenvalue weighted by molar-refractivity contribution is 5.33. The van der Waals surface area contributed by atoms with Gasteiger partial charge in [0.15, 0.2) is 0 Å². The number of likely N-dealkylation sites (tertiary alicyclic amines) is 1. The molecule has 0 saturated carbocycles. The number of hydrogen-bond acceptors (Lipinski definition) is 3. The largest absolute Gasteiger partial charge is 0.494 e. The first-order valence-corrected chi connectivity index (χ1v) is 8.56. The predicted octanol–water partition coefficient (Wildman–Crippen LogP) is 3.19. The number of para-hydroxylation sites is 1. The normalized spacial score (nSPS) is 26.9. The minimum Gasteiger partial charge on any atom is -0.494 e. The number of hydrogen-bond donors (Lipinski definition) is 1. The number of nitrogens with zero attached hydrogens (tertiary/aromatic N) is 1. The van der Waals surface area contributed by atoms with Gasteiger partial charge in [-0.25, -0.2) is 0 Å². The molecule has 3 heteroatoms. The van der Waals surface area contributed by atoms with Crippen LogP contribution in [0.3, 0.4) is 0 Å². The molecule has 2 aliphatic rings. The molecule has 2 unspecified atom stereocenters. The Labute approximate surface area is 128 Å². The van der Waals surface area contributed by atoms with Gasteiger partial charge in [-0.1, -0.05) is 24.6 Å². The summed E-state index contributed by atoms with van der Waals surface area (Å²) in [5.41, 5.74) is 1.34. The third-order valence-electron chi connectivity index (χ3n) is 4.87. The first-order chi connectivity index (χ1) is 10.4. The van der Waals surface area contributed by atoms with E-state index in [1.165, 1.54) is 50.8 Å². The Balaban J connectivity index is 1.72. The standard InChI is InChI=1S/C18H28N2O/c1-2-21-18-11-4-3-8-15(18)14-20-13-6-5-10-17(20)16-9-7-12-19-16/h3-4,8,11,16-17,19H,2,5-7,9-10,12-14H2,1H3. The van der Waals surface area contributed by atoms with Crippen molar-refractivity contribution < 1.29 is 4.74 Å². The van der Waals surface area contributed by atoms with Crippen LogP contribution in [0.5, 0.6) is 5.75 Å². The van der Waals surface area contributed by atoms with Crippen molar-refractivity contribution in [3.05, 3.63) is 29.8 Å². The van der Waals surface area contributed by atoms with Gasteiger partial charge in [0.2, 0.25) is 0 Å². The number of ether oxygens (including phenoxy) is 1. The van der Waals surface area contributed by atoms with E-state index in [0.717, 1.165) is 18.9 Å². The Kier molecular flexibility index (Phi) is 5.15. The van der Waals surface area contributed by atoms with Gasteiger partial charge in [0.05, 0.1) is 6.61 Å². The molecule has 2 atom stereocenters. The van der Waals surface area contributed by atoms with Crippen LogP contribution in [-0.4, -0.2) is 36.7 Å². The summed E-state index contributed by atoms with van der Waals surface area (Å²) in [5, 5.41) is 3.71. The van der Waals surface area contributed by atoms with Crippen molar-refractivity contribution >= 4 is 0 Å². The maximum Gasteiger partial charge on any atom is 0.123 e. The van der Waals surface area contributed by atoms with Crippen molar-refractivity contribution in [1.29, 1.82) is 0 Å². The molecular formula is C18H28N2O. The van der Waals surface area contributed by atoms with Crippen LogP contribution in [0.25, 0.3) is 0 Å². The van der Waals surface area contributed by atoms with Gasteiger partial charge in [0.1, 0.15) is 5.75 Å². The third-order valence-corrected chi connectivity index (χ3v) is 4.87. The third kappa shape index (κ3) is 3.58. The molecule has 116 valence electrons. The van der Waals surface area contributed by atoms with Crippen LogP contribution >= 0.6 is 0 Å². The zero-order chi connectivity index (χ0) is 14.5. The molecule has 2 aliphatic heterocycles. The van der Waals surface area contributed by atoms with Gasteiger partial charge < -0.3 is 10.1 Å². The van der Waals surface area contributed by atoms with Crippen molar-refractivity contribution in [2.45, 2.75) is 57.7 Å². The van der Waals surface area contributed by atoms with E-state index in [4.69, 9.17) is 4.74 Å². The zero-order valence-electron chi connectivity index (χ0n) is 13.2. The van der Waals surface area contributed by atoms with E-state index in [1.807, 2.05) is 0 Å². The number of nitrogens with one attached hydrogen (secondary N) is 1. The summed E-state index contributed by atoms with van der Waals surface area (Å²) in [6.07, 6.45) is 6.74. The van der Waals surface area contributed by atoms with Crippen LogP contribution in [0.2, 0.25) is 0 Å². The molecular weight excluding hydrogens is 260 g/mol. The first kappa shape index (κ1) is 14.9. The van der Waals surface area contributed by atoms with Gasteiger partial charge in [-0.3, -0.25) is 4.90 Å². The summed E-state index contributed by atoms with van der Waals surface area (Å²) in [4.78, 5) is 2.68. The molecule has 0 amide bonds. The van der Waals surface area contributed by atoms with Gasteiger partial charge in [-0.2, -0.15) is 0 Å². The Hall–Kier alpha value is -1.06. The molecule has 0 spiro atoms. The van der Waals surface area contributed by atoms with Crippen molar-refractivity contribution in [1.82, 2.24) is 10.2 Å². The SMILES string of the molecule is CCOc1ccccc1CN1CCCCC1C1CCCN1. The summed E-state index contributed by atoms with van der Waals surface area (Å²) in [7, 11) is 0. The fraction of sp³-hybridized carbons (Fsp3) is 0.667. The number of benzene rings is 1. The van der Waals surface area contributed by atoms with Gasteiger partial charge >= 0.3 is 0 Å². The first-order valence-electron chi connectivity index (χ1n) is 8.56. The number of rotatable bonds is 5. The molecule has 2 fully saturated rings. The molecule has 2 heterocycles. The molecule has 3 nitrogen and oxygen atoms in total. The minimum absolute atomic E-state index is 0.699. The fourth-order valence-electron chi connectivity index (χ4n) is 3.86. The molecule has 1 N–H and O–H groups in total. The van der Waals surface area contributed by atoms with E-state index in [-0.39, 0.29) is 0 Å². The van der Waals surface area contributed by atoms with Crippen LogP contribution in [0, 0.1) is 0 Å². The quantitative estimate of drug-likeness (QED) is 0.900. The van der Waals surface area contributed by atoms with Crippen LogP contribution in [0.4, 0.5) is 0 Å². The second kappa shape index (κ2) is 7.28. The summed E-state index contributed by atoms with van der Waals surface area (Å²) < 4.78 is 5.80. The lowest BCUT2D eigenvalue weighted by molar-refractivity contribution is 0.111. The van der Waals surface area contributed by atoms with Crippen LogP contribution in [-0.2, 0) is 6.54 Å². The van der Waals surface area contributed by atoms with Gasteiger partial charge in [-0.15, -0.1) is 0 Å². The molecule has 0 aliphatic carbocycles. The molecule has 3 rings (SSSR count). The van der Waals surface area contributed by atoms with E-state index >= 15 is 0 Å². The van der Waals surface area contributed by atoms with Crippen molar-refractivity contribution in [3.63, 3.8) is 0 Å². The minimum atomic E-state index is 0.699. The van der Waals surface area contributed by atoms with E-state index in [9.17, 15) is 0 Å². The Morgan fingerprint density at radius 3 is 2.90 bits per heavy atom. The van der Waals surface area contributed by atoms with Crippen molar-refractivity contribution in [2.75, 3.05) is 19.7 Å². The second-order valence-corrected chi connectivity index (χ2v) is 6.28. The lowest BCUT2D eigenvalue weighted by Gasteiger charge is -2.39. The monoisotopic (exact) mass is 288 g/mol. The highest BCUT2D eigenvalue weighted by atomic mass is 16.5. The van der Waals surface area contributed by atoms with Crippen LogP contribution < -0.4 is 10.1 Å². The van der Waals surface area contributed by atoms with E-state index in [1.54, 1.807) is 0 Å². The predicted molar refractivity (Wildman–Crippen MR) is 86.7 cm³/mol. The maximum atomic E-state index is 5.80. The Bertz CT molecular complexity index is 443. The van der Waals surface area contributed by atoms with Crippen molar-refractivity contribution in [2.24, 2.45) is 0 Å². The molecule has 1 aromatic rings. The smallest absolute Gasteiger partial charge is 0.123 e. The van der Waals surface area contributed by atoms with Gasteiger partial charge in [0.25, 0.3) is 0 Å². The highest BCUT2D eigenvalue weighted by Gasteiger charge is 2.31. The lowest BCUT2D eigenvalue weighted by Crippen LogP contribution is -2.49. The molecule has 0 aromatic heterocycles. The Morgan fingerprint density at radius 1 is 1.19 bits per heavy atom. The van der Waals surface area contributed by atoms with Gasteiger partial charge in [-0.05, 0) is 51.8 Å². The summed E-state index contributed by atoms with van der Waals surface area (Å²) in [6.45, 7) is 6.25. The lowest BCUT2D eigenvalue weighted by atomic mass is 9.94. The zero-order valence-corrected chi connectivity index (χ0v) is 13.2. The fourth-order valence-corrected chi connectivity index (χ4v) is 3.86. The van der Waals surface area contributed by atoms with Crippen LogP contribution in [0.15, 0.2) is 24.3 Å².